The molecule has 1 fully saturated rings. The Morgan fingerprint density at radius 1 is 1.75 bits per heavy atom. The topological polar surface area (TPSA) is 47.3 Å². The number of nitrogens with one attached hydrogen (secondary N) is 1. The van der Waals surface area contributed by atoms with Crippen LogP contribution in [0.1, 0.15) is 12.8 Å². The minimum absolute atomic E-state index is 0.375. The lowest BCUT2D eigenvalue weighted by Crippen LogP contribution is -2.31. The Morgan fingerprint density at radius 3 is 3.12 bits per heavy atom. The van der Waals surface area contributed by atoms with Gasteiger partial charge in [0, 0.05) is 13.2 Å². The summed E-state index contributed by atoms with van der Waals surface area (Å²) in [6.07, 6.45) is 2.72. The molecule has 3 N–H and O–H groups in total. The Kier molecular flexibility index (Phi) is 2.27. The first-order valence-corrected chi connectivity index (χ1v) is 2.98. The minimum atomic E-state index is 0.375. The van der Waals surface area contributed by atoms with E-state index in [1.165, 1.54) is 6.42 Å². The van der Waals surface area contributed by atoms with Crippen LogP contribution in [-0.2, 0) is 4.74 Å². The minimum Gasteiger partial charge on any atom is -0.377 e. The predicted molar refractivity (Wildman–Crippen MR) is 31.2 cm³/mol. The first kappa shape index (κ1) is 6.01. The van der Waals surface area contributed by atoms with Crippen LogP contribution in [0.4, 0.5) is 0 Å². The van der Waals surface area contributed by atoms with Gasteiger partial charge in [0.1, 0.15) is 0 Å². The highest BCUT2D eigenvalue weighted by molar-refractivity contribution is 4.64. The van der Waals surface area contributed by atoms with E-state index in [1.54, 1.807) is 0 Å². The molecule has 0 bridgehead atoms. The van der Waals surface area contributed by atoms with E-state index in [0.717, 1.165) is 19.6 Å². The molecule has 3 heteroatoms. The molecule has 48 valence electrons. The molecule has 0 aliphatic carbocycles. The monoisotopic (exact) mass is 116 g/mol. The number of hydrogen-bond acceptors (Lipinski definition) is 3. The number of rotatable bonds is 2. The van der Waals surface area contributed by atoms with Crippen LogP contribution in [0.25, 0.3) is 0 Å². The van der Waals surface area contributed by atoms with Gasteiger partial charge in [0.05, 0.1) is 6.10 Å². The fourth-order valence-electron chi connectivity index (χ4n) is 0.937. The van der Waals surface area contributed by atoms with Gasteiger partial charge in [0.25, 0.3) is 0 Å². The van der Waals surface area contributed by atoms with Crippen LogP contribution in [-0.4, -0.2) is 19.3 Å². The fourth-order valence-corrected chi connectivity index (χ4v) is 0.937. The molecule has 1 unspecified atom stereocenters. The van der Waals surface area contributed by atoms with Crippen molar-refractivity contribution in [3.05, 3.63) is 0 Å². The fraction of sp³-hybridized carbons (Fsp3) is 1.00. The average molecular weight is 116 g/mol. The van der Waals surface area contributed by atoms with Gasteiger partial charge in [0.15, 0.2) is 0 Å². The molecule has 0 aromatic heterocycles. The maximum atomic E-state index is 5.25. The van der Waals surface area contributed by atoms with Gasteiger partial charge in [-0.1, -0.05) is 0 Å². The molecule has 1 aliphatic rings. The van der Waals surface area contributed by atoms with Crippen molar-refractivity contribution in [2.24, 2.45) is 5.84 Å². The zero-order valence-electron chi connectivity index (χ0n) is 4.89. The van der Waals surface area contributed by atoms with Gasteiger partial charge in [-0.25, -0.2) is 0 Å². The molecular formula is C5H12N2O. The Hall–Kier alpha value is -0.120. The Labute approximate surface area is 49.2 Å². The Morgan fingerprint density at radius 2 is 2.62 bits per heavy atom. The van der Waals surface area contributed by atoms with Crippen LogP contribution in [0.3, 0.4) is 0 Å². The second-order valence-corrected chi connectivity index (χ2v) is 2.04. The third-order valence-electron chi connectivity index (χ3n) is 1.37. The normalized spacial score (nSPS) is 28.9. The van der Waals surface area contributed by atoms with Crippen molar-refractivity contribution in [3.63, 3.8) is 0 Å². The lowest BCUT2D eigenvalue weighted by atomic mass is 10.2. The van der Waals surface area contributed by atoms with E-state index in [2.05, 4.69) is 5.43 Å². The van der Waals surface area contributed by atoms with E-state index in [-0.39, 0.29) is 0 Å². The summed E-state index contributed by atoms with van der Waals surface area (Å²) in [5.74, 6) is 5.08. The second-order valence-electron chi connectivity index (χ2n) is 2.04. The number of ether oxygens (including phenoxy) is 1. The lowest BCUT2D eigenvalue weighted by Gasteiger charge is -2.05. The molecule has 1 rings (SSSR count). The van der Waals surface area contributed by atoms with Crippen molar-refractivity contribution in [2.45, 2.75) is 18.9 Å². The molecule has 0 spiro atoms. The summed E-state index contributed by atoms with van der Waals surface area (Å²) in [5.41, 5.74) is 2.58. The van der Waals surface area contributed by atoms with Gasteiger partial charge < -0.3 is 4.74 Å². The molecule has 1 saturated heterocycles. The van der Waals surface area contributed by atoms with Crippen molar-refractivity contribution in [1.82, 2.24) is 5.43 Å². The van der Waals surface area contributed by atoms with E-state index in [0.29, 0.717) is 6.10 Å². The number of nitrogens with two attached hydrogens (primary N) is 1. The van der Waals surface area contributed by atoms with Crippen LogP contribution in [0.2, 0.25) is 0 Å². The van der Waals surface area contributed by atoms with Crippen LogP contribution in [0.5, 0.6) is 0 Å². The van der Waals surface area contributed by atoms with Crippen molar-refractivity contribution >= 4 is 0 Å². The summed E-state index contributed by atoms with van der Waals surface area (Å²) in [6.45, 7) is 1.70. The van der Waals surface area contributed by atoms with Crippen LogP contribution < -0.4 is 11.3 Å². The quantitative estimate of drug-likeness (QED) is 0.382. The molecule has 3 nitrogen and oxygen atoms in total. The summed E-state index contributed by atoms with van der Waals surface area (Å²) in [5, 5.41) is 0. The van der Waals surface area contributed by atoms with Gasteiger partial charge in [-0.2, -0.15) is 0 Å². The molecule has 0 amide bonds. The van der Waals surface area contributed by atoms with Crippen molar-refractivity contribution in [2.75, 3.05) is 13.2 Å². The summed E-state index contributed by atoms with van der Waals surface area (Å²) < 4.78 is 5.25. The molecule has 1 heterocycles. The molecule has 0 aromatic rings. The second kappa shape index (κ2) is 3.02. The molecule has 0 aromatic carbocycles. The maximum absolute atomic E-state index is 5.25. The number of hydrazine groups is 1. The third-order valence-corrected chi connectivity index (χ3v) is 1.37. The van der Waals surface area contributed by atoms with E-state index in [1.807, 2.05) is 0 Å². The van der Waals surface area contributed by atoms with Gasteiger partial charge in [-0.05, 0) is 12.8 Å². The smallest absolute Gasteiger partial charge is 0.0714 e. The zero-order chi connectivity index (χ0) is 5.82. The SMILES string of the molecule is NNCC1CCCO1. The maximum Gasteiger partial charge on any atom is 0.0714 e. The van der Waals surface area contributed by atoms with Crippen molar-refractivity contribution in [3.8, 4) is 0 Å². The number of hydrogen-bond donors (Lipinski definition) is 2. The van der Waals surface area contributed by atoms with Gasteiger partial charge in [-0.15, -0.1) is 0 Å². The molecule has 8 heavy (non-hydrogen) atoms. The van der Waals surface area contributed by atoms with E-state index in [9.17, 15) is 0 Å². The van der Waals surface area contributed by atoms with Crippen LogP contribution >= 0.6 is 0 Å². The molecular weight excluding hydrogens is 104 g/mol. The van der Waals surface area contributed by atoms with Crippen molar-refractivity contribution < 1.29 is 4.74 Å². The summed E-state index contributed by atoms with van der Waals surface area (Å²) in [4.78, 5) is 0. The largest absolute Gasteiger partial charge is 0.377 e. The highest BCUT2D eigenvalue weighted by Gasteiger charge is 2.13. The first-order valence-electron chi connectivity index (χ1n) is 2.98. The molecule has 1 atom stereocenters. The highest BCUT2D eigenvalue weighted by Crippen LogP contribution is 2.09. The standard InChI is InChI=1S/C5H12N2O/c6-7-4-5-2-1-3-8-5/h5,7H,1-4,6H2. The van der Waals surface area contributed by atoms with E-state index < -0.39 is 0 Å². The third kappa shape index (κ3) is 1.43. The zero-order valence-corrected chi connectivity index (χ0v) is 4.89. The van der Waals surface area contributed by atoms with Crippen LogP contribution in [0, 0.1) is 0 Å². The average Bonchev–Trinajstić information content (AvgIpc) is 2.19. The van der Waals surface area contributed by atoms with Gasteiger partial charge in [0.2, 0.25) is 0 Å². The van der Waals surface area contributed by atoms with Crippen LogP contribution in [0.15, 0.2) is 0 Å². The Bertz CT molecular complexity index is 61.4. The van der Waals surface area contributed by atoms with Gasteiger partial charge in [-0.3, -0.25) is 11.3 Å². The van der Waals surface area contributed by atoms with E-state index in [4.69, 9.17) is 10.6 Å². The lowest BCUT2D eigenvalue weighted by molar-refractivity contribution is 0.110. The summed E-state index contributed by atoms with van der Waals surface area (Å²) in [6, 6.07) is 0. The Balaban J connectivity index is 2.06. The molecule has 1 aliphatic heterocycles. The van der Waals surface area contributed by atoms with Crippen molar-refractivity contribution in [1.29, 1.82) is 0 Å². The predicted octanol–water partition coefficient (Wildman–Crippen LogP) is -0.371. The summed E-state index contributed by atoms with van der Waals surface area (Å²) in [7, 11) is 0. The molecule has 0 saturated carbocycles. The van der Waals surface area contributed by atoms with E-state index >= 15 is 0 Å². The van der Waals surface area contributed by atoms with Gasteiger partial charge >= 0.3 is 0 Å². The first-order chi connectivity index (χ1) is 3.93. The highest BCUT2D eigenvalue weighted by atomic mass is 16.5. The summed E-state index contributed by atoms with van der Waals surface area (Å²) >= 11 is 0. The molecule has 0 radical (unpaired) electrons.